The third-order valence-electron chi connectivity index (χ3n) is 5.57. The van der Waals surface area contributed by atoms with Crippen LogP contribution in [-0.2, 0) is 10.0 Å². The lowest BCUT2D eigenvalue weighted by Gasteiger charge is -2.11. The molecule has 0 bridgehead atoms. The van der Waals surface area contributed by atoms with Gasteiger partial charge in [-0.1, -0.05) is 44.2 Å². The number of rotatable bonds is 7. The minimum Gasteiger partial charge on any atom is -0.220 e. The Bertz CT molecular complexity index is 1550. The van der Waals surface area contributed by atoms with Gasteiger partial charge in [-0.15, -0.1) is 11.3 Å². The van der Waals surface area contributed by atoms with Gasteiger partial charge in [-0.3, -0.25) is 0 Å². The van der Waals surface area contributed by atoms with Crippen molar-refractivity contribution in [2.75, 3.05) is 14.1 Å². The van der Waals surface area contributed by atoms with Crippen molar-refractivity contribution >= 4 is 33.3 Å². The maximum absolute atomic E-state index is 13.5. The lowest BCUT2D eigenvalue weighted by Crippen LogP contribution is -2.22. The fourth-order valence-electron chi connectivity index (χ4n) is 3.43. The molecule has 9 heteroatoms. The highest BCUT2D eigenvalue weighted by molar-refractivity contribution is 7.89. The van der Waals surface area contributed by atoms with E-state index in [1.807, 2.05) is 17.5 Å². The highest BCUT2D eigenvalue weighted by Crippen LogP contribution is 2.23. The molecule has 4 aromatic rings. The molecule has 0 amide bonds. The summed E-state index contributed by atoms with van der Waals surface area (Å²) in [5.74, 6) is 0.114. The summed E-state index contributed by atoms with van der Waals surface area (Å²) >= 11 is 1.36. The van der Waals surface area contributed by atoms with Gasteiger partial charge >= 0.3 is 0 Å². The Balaban J connectivity index is 1.81. The molecule has 0 spiro atoms. The molecule has 36 heavy (non-hydrogen) atoms. The van der Waals surface area contributed by atoms with Gasteiger partial charge in [0.2, 0.25) is 14.8 Å². The van der Waals surface area contributed by atoms with Crippen LogP contribution in [0.1, 0.15) is 30.9 Å². The number of halogens is 1. The molecule has 186 valence electrons. The van der Waals surface area contributed by atoms with Crippen LogP contribution in [0.3, 0.4) is 0 Å². The minimum absolute atomic E-state index is 0.157. The first-order chi connectivity index (χ1) is 17.1. The summed E-state index contributed by atoms with van der Waals surface area (Å²) in [4.78, 5) is 5.40. The van der Waals surface area contributed by atoms with Gasteiger partial charge in [0.05, 0.1) is 22.5 Å². The summed E-state index contributed by atoms with van der Waals surface area (Å²) in [6.07, 6.45) is 1.75. The van der Waals surface area contributed by atoms with E-state index in [0.717, 1.165) is 16.8 Å². The number of sulfonamides is 1. The van der Waals surface area contributed by atoms with Crippen molar-refractivity contribution in [3.8, 4) is 11.3 Å². The molecule has 0 atom stereocenters. The van der Waals surface area contributed by atoms with Gasteiger partial charge in [0.1, 0.15) is 5.82 Å². The Morgan fingerprint density at radius 3 is 2.33 bits per heavy atom. The van der Waals surface area contributed by atoms with Crippen LogP contribution >= 0.6 is 11.3 Å². The monoisotopic (exact) mass is 522 g/mol. The van der Waals surface area contributed by atoms with Crippen molar-refractivity contribution in [1.29, 1.82) is 0 Å². The number of nitrogens with zero attached hydrogens (tertiary/aromatic N) is 4. The van der Waals surface area contributed by atoms with Gasteiger partial charge in [0, 0.05) is 25.0 Å². The Labute approximate surface area is 214 Å². The van der Waals surface area contributed by atoms with Crippen LogP contribution in [0.4, 0.5) is 10.1 Å². The second-order valence-electron chi connectivity index (χ2n) is 8.68. The Morgan fingerprint density at radius 2 is 1.69 bits per heavy atom. The predicted molar refractivity (Wildman–Crippen MR) is 144 cm³/mol. The molecule has 0 fully saturated rings. The zero-order valence-corrected chi connectivity index (χ0v) is 22.1. The summed E-state index contributed by atoms with van der Waals surface area (Å²) in [5.41, 5.74) is 4.17. The highest BCUT2D eigenvalue weighted by Gasteiger charge is 2.17. The summed E-state index contributed by atoms with van der Waals surface area (Å²) in [7, 11) is -0.615. The normalized spacial score (nSPS) is 12.8. The summed E-state index contributed by atoms with van der Waals surface area (Å²) < 4.78 is 41.5. The average Bonchev–Trinajstić information content (AvgIpc) is 3.25. The number of hydrogen-bond donors (Lipinski definition) is 0. The zero-order valence-electron chi connectivity index (χ0n) is 20.5. The van der Waals surface area contributed by atoms with Gasteiger partial charge in [-0.25, -0.2) is 26.8 Å². The maximum atomic E-state index is 13.5. The molecule has 0 saturated carbocycles. The van der Waals surface area contributed by atoms with E-state index >= 15 is 0 Å². The third-order valence-corrected chi connectivity index (χ3v) is 8.20. The van der Waals surface area contributed by atoms with Crippen LogP contribution in [0.5, 0.6) is 0 Å². The first-order valence-corrected chi connectivity index (χ1v) is 13.7. The second kappa shape index (κ2) is 10.7. The molecule has 1 aromatic heterocycles. The average molecular weight is 523 g/mol. The van der Waals surface area contributed by atoms with Gasteiger partial charge in [-0.05, 0) is 59.5 Å². The van der Waals surface area contributed by atoms with Crippen molar-refractivity contribution in [2.45, 2.75) is 24.7 Å². The van der Waals surface area contributed by atoms with Crippen molar-refractivity contribution in [2.24, 2.45) is 10.1 Å². The van der Waals surface area contributed by atoms with Crippen LogP contribution in [-0.4, -0.2) is 37.7 Å². The first kappa shape index (κ1) is 25.7. The van der Waals surface area contributed by atoms with Crippen LogP contribution in [0.2, 0.25) is 0 Å². The molecule has 4 rings (SSSR count). The molecule has 0 aliphatic carbocycles. The lowest BCUT2D eigenvalue weighted by atomic mass is 10.0. The number of benzene rings is 3. The van der Waals surface area contributed by atoms with E-state index in [1.54, 1.807) is 41.2 Å². The minimum atomic E-state index is -3.59. The van der Waals surface area contributed by atoms with Crippen LogP contribution < -0.4 is 4.80 Å². The predicted octanol–water partition coefficient (Wildman–Crippen LogP) is 5.84. The largest absolute Gasteiger partial charge is 0.242 e. The summed E-state index contributed by atoms with van der Waals surface area (Å²) in [6.45, 7) is 4.29. The first-order valence-electron chi connectivity index (χ1n) is 11.3. The van der Waals surface area contributed by atoms with Gasteiger partial charge in [0.15, 0.2) is 0 Å². The molecule has 0 aliphatic heterocycles. The summed E-state index contributed by atoms with van der Waals surface area (Å²) in [5, 5.41) is 6.59. The Hall–Kier alpha value is -3.40. The lowest BCUT2D eigenvalue weighted by molar-refractivity contribution is 0.521. The van der Waals surface area contributed by atoms with Crippen LogP contribution in [0, 0.1) is 5.82 Å². The molecule has 6 nitrogen and oxygen atoms in total. The maximum Gasteiger partial charge on any atom is 0.242 e. The Morgan fingerprint density at radius 1 is 1.00 bits per heavy atom. The number of thiazole rings is 1. The van der Waals surface area contributed by atoms with E-state index < -0.39 is 10.0 Å². The number of aromatic nitrogens is 1. The van der Waals surface area contributed by atoms with E-state index in [1.165, 1.54) is 53.5 Å². The summed E-state index contributed by atoms with van der Waals surface area (Å²) in [6, 6.07) is 20.8. The Kier molecular flexibility index (Phi) is 7.63. The van der Waals surface area contributed by atoms with Crippen molar-refractivity contribution in [3.63, 3.8) is 0 Å². The van der Waals surface area contributed by atoms with Crippen molar-refractivity contribution in [3.05, 3.63) is 99.9 Å². The smallest absolute Gasteiger partial charge is 0.220 e. The standard InChI is InChI=1S/C27H27FN4O2S2/c1-19(2)21-10-8-20(9-11-21)17-29-32-26(22-12-14-23(28)15-13-22)18-35-27(32)30-24-6-5-7-25(16-24)36(33,34)31(3)4/h5-19H,1-4H3/b29-17+,30-27?. The molecular weight excluding hydrogens is 495 g/mol. The van der Waals surface area contributed by atoms with Crippen LogP contribution in [0.25, 0.3) is 11.3 Å². The van der Waals surface area contributed by atoms with E-state index in [2.05, 4.69) is 26.0 Å². The van der Waals surface area contributed by atoms with Gasteiger partial charge in [-0.2, -0.15) is 5.10 Å². The van der Waals surface area contributed by atoms with Crippen molar-refractivity contribution < 1.29 is 12.8 Å². The second-order valence-corrected chi connectivity index (χ2v) is 11.7. The third kappa shape index (κ3) is 5.70. The van der Waals surface area contributed by atoms with Gasteiger partial charge in [0.25, 0.3) is 0 Å². The zero-order chi connectivity index (χ0) is 25.9. The van der Waals surface area contributed by atoms with Crippen LogP contribution in [0.15, 0.2) is 93.2 Å². The molecule has 0 aliphatic rings. The quantitative estimate of drug-likeness (QED) is 0.286. The van der Waals surface area contributed by atoms with E-state index in [9.17, 15) is 12.8 Å². The molecule has 0 N–H and O–H groups in total. The molecular formula is C27H27FN4O2S2. The molecule has 1 heterocycles. The highest BCUT2D eigenvalue weighted by atomic mass is 32.2. The topological polar surface area (TPSA) is 67.0 Å². The molecule has 0 saturated heterocycles. The van der Waals surface area contributed by atoms with Gasteiger partial charge < -0.3 is 0 Å². The van der Waals surface area contributed by atoms with E-state index in [4.69, 9.17) is 10.1 Å². The fourth-order valence-corrected chi connectivity index (χ4v) is 5.23. The fraction of sp³-hybridized carbons (Fsp3) is 0.185. The molecule has 0 radical (unpaired) electrons. The van der Waals surface area contributed by atoms with E-state index in [0.29, 0.717) is 16.4 Å². The van der Waals surface area contributed by atoms with Crippen molar-refractivity contribution in [1.82, 2.24) is 8.98 Å². The number of hydrogen-bond acceptors (Lipinski definition) is 5. The molecule has 0 unspecified atom stereocenters. The SMILES string of the molecule is CC(C)c1ccc(/C=N/n2c(-c3ccc(F)cc3)csc2=Nc2cccc(S(=O)(=O)N(C)C)c2)cc1. The van der Waals surface area contributed by atoms with E-state index in [-0.39, 0.29) is 10.7 Å². The molecule has 3 aromatic carbocycles.